The molecule has 0 heterocycles. The standard InChI is InChI=1S/C18H17F4NO4/c19-13-8-4-7-12(18(20,21)22)15(13)16(25)14(24)9-23-17(26)27-10-11-5-2-1-3-6-11/h1-8,14,16,24-25H,9-10H2,(H,23,26). The zero-order chi connectivity index (χ0) is 20.0. The molecule has 2 aromatic rings. The molecule has 0 aliphatic rings. The predicted molar refractivity (Wildman–Crippen MR) is 87.0 cm³/mol. The van der Waals surface area contributed by atoms with Crippen molar-refractivity contribution in [1.29, 1.82) is 0 Å². The van der Waals surface area contributed by atoms with Gasteiger partial charge in [-0.3, -0.25) is 0 Å². The van der Waals surface area contributed by atoms with Crippen molar-refractivity contribution in [2.24, 2.45) is 0 Å². The van der Waals surface area contributed by atoms with Crippen LogP contribution in [0.15, 0.2) is 48.5 Å². The number of carbonyl (C=O) groups is 1. The van der Waals surface area contributed by atoms with E-state index < -0.39 is 48.0 Å². The van der Waals surface area contributed by atoms with E-state index in [1.54, 1.807) is 30.3 Å². The Kier molecular flexibility index (Phi) is 6.75. The Morgan fingerprint density at radius 1 is 1.07 bits per heavy atom. The Labute approximate surface area is 152 Å². The van der Waals surface area contributed by atoms with Crippen molar-refractivity contribution >= 4 is 6.09 Å². The van der Waals surface area contributed by atoms with Crippen LogP contribution in [0, 0.1) is 5.82 Å². The second kappa shape index (κ2) is 8.83. The van der Waals surface area contributed by atoms with Gasteiger partial charge in [-0.25, -0.2) is 9.18 Å². The Bertz CT molecular complexity index is 768. The van der Waals surface area contributed by atoms with Gasteiger partial charge in [0.25, 0.3) is 0 Å². The van der Waals surface area contributed by atoms with Crippen molar-refractivity contribution in [2.75, 3.05) is 6.54 Å². The molecule has 0 bridgehead atoms. The van der Waals surface area contributed by atoms with E-state index in [0.717, 1.165) is 12.1 Å². The Morgan fingerprint density at radius 2 is 1.74 bits per heavy atom. The number of ether oxygens (including phenoxy) is 1. The monoisotopic (exact) mass is 387 g/mol. The van der Waals surface area contributed by atoms with Crippen LogP contribution in [0.5, 0.6) is 0 Å². The molecule has 146 valence electrons. The molecule has 27 heavy (non-hydrogen) atoms. The molecule has 0 aliphatic carbocycles. The third kappa shape index (κ3) is 5.66. The third-order valence-corrected chi connectivity index (χ3v) is 3.69. The zero-order valence-corrected chi connectivity index (χ0v) is 13.9. The average molecular weight is 387 g/mol. The van der Waals surface area contributed by atoms with Gasteiger partial charge < -0.3 is 20.3 Å². The second-order valence-corrected chi connectivity index (χ2v) is 5.65. The van der Waals surface area contributed by atoms with Crippen molar-refractivity contribution in [3.63, 3.8) is 0 Å². The highest BCUT2D eigenvalue weighted by atomic mass is 19.4. The number of carbonyl (C=O) groups excluding carboxylic acids is 1. The maximum atomic E-state index is 13.8. The molecule has 2 atom stereocenters. The van der Waals surface area contributed by atoms with E-state index in [-0.39, 0.29) is 6.61 Å². The SMILES string of the molecule is O=C(NCC(O)C(O)c1c(F)cccc1C(F)(F)F)OCc1ccccc1. The molecule has 0 saturated heterocycles. The summed E-state index contributed by atoms with van der Waals surface area (Å²) in [6.07, 6.45) is -9.95. The molecular formula is C18H17F4NO4. The fraction of sp³-hybridized carbons (Fsp3) is 0.278. The summed E-state index contributed by atoms with van der Waals surface area (Å²) in [5, 5.41) is 21.9. The topological polar surface area (TPSA) is 78.8 Å². The van der Waals surface area contributed by atoms with E-state index in [2.05, 4.69) is 5.32 Å². The highest BCUT2D eigenvalue weighted by Crippen LogP contribution is 2.36. The summed E-state index contributed by atoms with van der Waals surface area (Å²) in [5.41, 5.74) is -1.79. The number of benzene rings is 2. The molecule has 9 heteroatoms. The van der Waals surface area contributed by atoms with Crippen LogP contribution in [0.2, 0.25) is 0 Å². The van der Waals surface area contributed by atoms with Crippen LogP contribution in [-0.2, 0) is 17.5 Å². The zero-order valence-electron chi connectivity index (χ0n) is 13.9. The molecular weight excluding hydrogens is 370 g/mol. The molecule has 2 unspecified atom stereocenters. The number of hydrogen-bond donors (Lipinski definition) is 3. The normalized spacial score (nSPS) is 13.7. The summed E-state index contributed by atoms with van der Waals surface area (Å²) in [4.78, 5) is 11.6. The molecule has 5 nitrogen and oxygen atoms in total. The predicted octanol–water partition coefficient (Wildman–Crippen LogP) is 3.17. The molecule has 3 N–H and O–H groups in total. The number of amides is 1. The lowest BCUT2D eigenvalue weighted by Crippen LogP contribution is -2.36. The Morgan fingerprint density at radius 3 is 2.37 bits per heavy atom. The van der Waals surface area contributed by atoms with E-state index in [4.69, 9.17) is 4.74 Å². The van der Waals surface area contributed by atoms with Crippen LogP contribution in [-0.4, -0.2) is 29.0 Å². The summed E-state index contributed by atoms with van der Waals surface area (Å²) in [5.74, 6) is -1.32. The molecule has 0 aromatic heterocycles. The van der Waals surface area contributed by atoms with Crippen LogP contribution in [0.25, 0.3) is 0 Å². The Balaban J connectivity index is 1.96. The molecule has 2 rings (SSSR count). The number of aliphatic hydroxyl groups excluding tert-OH is 2. The number of alkyl halides is 3. The minimum atomic E-state index is -4.92. The van der Waals surface area contributed by atoms with Crippen LogP contribution >= 0.6 is 0 Å². The van der Waals surface area contributed by atoms with Gasteiger partial charge >= 0.3 is 12.3 Å². The van der Waals surface area contributed by atoms with Crippen molar-refractivity contribution in [1.82, 2.24) is 5.32 Å². The largest absolute Gasteiger partial charge is 0.445 e. The first-order valence-corrected chi connectivity index (χ1v) is 7.86. The van der Waals surface area contributed by atoms with Crippen LogP contribution < -0.4 is 5.32 Å². The van der Waals surface area contributed by atoms with E-state index in [1.165, 1.54) is 0 Å². The van der Waals surface area contributed by atoms with Gasteiger partial charge in [-0.05, 0) is 17.7 Å². The minimum absolute atomic E-state index is 0.0587. The number of rotatable bonds is 6. The highest BCUT2D eigenvalue weighted by Gasteiger charge is 2.38. The molecule has 2 aromatic carbocycles. The summed E-state index contributed by atoms with van der Waals surface area (Å²) >= 11 is 0. The lowest BCUT2D eigenvalue weighted by molar-refractivity contribution is -0.140. The number of hydrogen-bond acceptors (Lipinski definition) is 4. The van der Waals surface area contributed by atoms with E-state index in [0.29, 0.717) is 11.6 Å². The van der Waals surface area contributed by atoms with Crippen LogP contribution in [0.4, 0.5) is 22.4 Å². The van der Waals surface area contributed by atoms with Crippen molar-refractivity contribution in [3.8, 4) is 0 Å². The highest BCUT2D eigenvalue weighted by molar-refractivity contribution is 5.67. The molecule has 0 aliphatic heterocycles. The molecule has 0 fully saturated rings. The first-order chi connectivity index (χ1) is 12.7. The summed E-state index contributed by atoms with van der Waals surface area (Å²) in [7, 11) is 0. The van der Waals surface area contributed by atoms with Gasteiger partial charge in [-0.2, -0.15) is 13.2 Å². The van der Waals surface area contributed by atoms with Crippen molar-refractivity contribution in [2.45, 2.75) is 25.0 Å². The quantitative estimate of drug-likeness (QED) is 0.666. The van der Waals surface area contributed by atoms with Gasteiger partial charge in [0.2, 0.25) is 0 Å². The van der Waals surface area contributed by atoms with E-state index in [1.807, 2.05) is 0 Å². The smallest absolute Gasteiger partial charge is 0.416 e. The van der Waals surface area contributed by atoms with E-state index in [9.17, 15) is 32.6 Å². The van der Waals surface area contributed by atoms with Gasteiger partial charge in [-0.15, -0.1) is 0 Å². The van der Waals surface area contributed by atoms with Crippen molar-refractivity contribution < 1.29 is 37.3 Å². The van der Waals surface area contributed by atoms with E-state index >= 15 is 0 Å². The lowest BCUT2D eigenvalue weighted by Gasteiger charge is -2.22. The third-order valence-electron chi connectivity index (χ3n) is 3.69. The van der Waals surface area contributed by atoms with Gasteiger partial charge in [-0.1, -0.05) is 36.4 Å². The van der Waals surface area contributed by atoms with Gasteiger partial charge in [0.1, 0.15) is 24.6 Å². The maximum absolute atomic E-state index is 13.8. The molecule has 1 amide bonds. The minimum Gasteiger partial charge on any atom is -0.445 e. The number of aliphatic hydroxyl groups is 2. The van der Waals surface area contributed by atoms with Gasteiger partial charge in [0.15, 0.2) is 0 Å². The Hall–Kier alpha value is -2.65. The number of nitrogens with one attached hydrogen (secondary N) is 1. The van der Waals surface area contributed by atoms with Crippen LogP contribution in [0.1, 0.15) is 22.8 Å². The summed E-state index contributed by atoms with van der Waals surface area (Å²) < 4.78 is 57.6. The first-order valence-electron chi connectivity index (χ1n) is 7.86. The number of alkyl carbamates (subject to hydrolysis) is 1. The molecule has 0 spiro atoms. The maximum Gasteiger partial charge on any atom is 0.416 e. The van der Waals surface area contributed by atoms with Crippen molar-refractivity contribution in [3.05, 3.63) is 71.0 Å². The van der Waals surface area contributed by atoms with Crippen LogP contribution in [0.3, 0.4) is 0 Å². The average Bonchev–Trinajstić information content (AvgIpc) is 2.63. The number of halogens is 4. The van der Waals surface area contributed by atoms with Gasteiger partial charge in [0.05, 0.1) is 5.56 Å². The second-order valence-electron chi connectivity index (χ2n) is 5.65. The first kappa shape index (κ1) is 20.7. The molecule has 0 radical (unpaired) electrons. The fourth-order valence-electron chi connectivity index (χ4n) is 2.35. The fourth-order valence-corrected chi connectivity index (χ4v) is 2.35. The van der Waals surface area contributed by atoms with Gasteiger partial charge in [0, 0.05) is 12.1 Å². The summed E-state index contributed by atoms with van der Waals surface area (Å²) in [6, 6.07) is 10.9. The molecule has 0 saturated carbocycles. The summed E-state index contributed by atoms with van der Waals surface area (Å²) in [6.45, 7) is -0.697. The lowest BCUT2D eigenvalue weighted by atomic mass is 9.97.